The van der Waals surface area contributed by atoms with Crippen LogP contribution in [0.3, 0.4) is 0 Å². The second-order valence-corrected chi connectivity index (χ2v) is 6.34. The van der Waals surface area contributed by atoms with Gasteiger partial charge in [0, 0.05) is 15.8 Å². The second-order valence-electron chi connectivity index (χ2n) is 5.02. The van der Waals surface area contributed by atoms with Gasteiger partial charge in [-0.05, 0) is 56.5 Å². The van der Waals surface area contributed by atoms with Gasteiger partial charge in [-0.25, -0.2) is 0 Å². The van der Waals surface area contributed by atoms with Gasteiger partial charge in [0.25, 0.3) is 0 Å². The summed E-state index contributed by atoms with van der Waals surface area (Å²) in [6, 6.07) is 13.7. The highest BCUT2D eigenvalue weighted by Crippen LogP contribution is 2.26. The van der Waals surface area contributed by atoms with Gasteiger partial charge < -0.3 is 5.32 Å². The van der Waals surface area contributed by atoms with Crippen LogP contribution in [0.5, 0.6) is 0 Å². The highest BCUT2D eigenvalue weighted by atomic mass is 32.1. The number of aryl methyl sites for hydroxylation is 3. The van der Waals surface area contributed by atoms with E-state index in [1.807, 2.05) is 11.3 Å². The molecule has 19 heavy (non-hydrogen) atoms. The Balaban J connectivity index is 2.03. The Kier molecular flexibility index (Phi) is 5.17. The van der Waals surface area contributed by atoms with Crippen LogP contribution in [0.2, 0.25) is 0 Å². The van der Waals surface area contributed by atoms with E-state index < -0.39 is 0 Å². The monoisotopic (exact) mass is 273 g/mol. The average molecular weight is 273 g/mol. The molecule has 1 heterocycles. The molecule has 1 nitrogen and oxygen atoms in total. The fourth-order valence-corrected chi connectivity index (χ4v) is 3.41. The molecule has 0 amide bonds. The van der Waals surface area contributed by atoms with Crippen LogP contribution in [0.25, 0.3) is 0 Å². The van der Waals surface area contributed by atoms with Crippen LogP contribution < -0.4 is 5.32 Å². The molecule has 0 spiro atoms. The van der Waals surface area contributed by atoms with Crippen LogP contribution in [-0.2, 0) is 6.42 Å². The first kappa shape index (κ1) is 14.3. The molecule has 0 aliphatic rings. The van der Waals surface area contributed by atoms with Crippen molar-refractivity contribution in [2.45, 2.75) is 39.7 Å². The first-order valence-corrected chi connectivity index (χ1v) is 7.86. The van der Waals surface area contributed by atoms with Crippen LogP contribution in [-0.4, -0.2) is 6.54 Å². The lowest BCUT2D eigenvalue weighted by atomic mass is 10.0. The van der Waals surface area contributed by atoms with Crippen LogP contribution in [0.15, 0.2) is 36.4 Å². The molecule has 102 valence electrons. The topological polar surface area (TPSA) is 12.0 Å². The van der Waals surface area contributed by atoms with Gasteiger partial charge in [0.1, 0.15) is 0 Å². The summed E-state index contributed by atoms with van der Waals surface area (Å²) in [7, 11) is 0. The molecule has 2 rings (SSSR count). The summed E-state index contributed by atoms with van der Waals surface area (Å²) >= 11 is 1.91. The Morgan fingerprint density at radius 3 is 2.53 bits per heavy atom. The number of hydrogen-bond acceptors (Lipinski definition) is 2. The zero-order valence-electron chi connectivity index (χ0n) is 12.1. The summed E-state index contributed by atoms with van der Waals surface area (Å²) in [5.41, 5.74) is 2.87. The molecule has 2 heteroatoms. The molecular weight excluding hydrogens is 250 g/mol. The van der Waals surface area contributed by atoms with Crippen molar-refractivity contribution in [3.05, 3.63) is 57.3 Å². The number of benzene rings is 1. The predicted octanol–water partition coefficient (Wildman–Crippen LogP) is 4.65. The second kappa shape index (κ2) is 6.88. The highest BCUT2D eigenvalue weighted by Gasteiger charge is 2.12. The predicted molar refractivity (Wildman–Crippen MR) is 85.0 cm³/mol. The van der Waals surface area contributed by atoms with Gasteiger partial charge in [-0.1, -0.05) is 31.2 Å². The summed E-state index contributed by atoms with van der Waals surface area (Å²) in [6.07, 6.45) is 2.31. The normalized spacial score (nSPS) is 12.6. The molecule has 2 aromatic rings. The maximum absolute atomic E-state index is 3.61. The average Bonchev–Trinajstić information content (AvgIpc) is 2.83. The Hall–Kier alpha value is -1.12. The summed E-state index contributed by atoms with van der Waals surface area (Å²) in [5, 5.41) is 3.61. The third kappa shape index (κ3) is 3.92. The van der Waals surface area contributed by atoms with E-state index in [0.29, 0.717) is 6.04 Å². The van der Waals surface area contributed by atoms with Crippen molar-refractivity contribution >= 4 is 11.3 Å². The fourth-order valence-electron chi connectivity index (χ4n) is 2.42. The fraction of sp³-hybridized carbons (Fsp3) is 0.412. The summed E-state index contributed by atoms with van der Waals surface area (Å²) < 4.78 is 0. The van der Waals surface area contributed by atoms with E-state index in [2.05, 4.69) is 62.5 Å². The van der Waals surface area contributed by atoms with Crippen LogP contribution in [0.4, 0.5) is 0 Å². The molecule has 1 aromatic carbocycles. The molecule has 0 radical (unpaired) electrons. The minimum absolute atomic E-state index is 0.489. The first-order valence-electron chi connectivity index (χ1n) is 7.05. The summed E-state index contributed by atoms with van der Waals surface area (Å²) in [6.45, 7) is 7.59. The first-order chi connectivity index (χ1) is 9.20. The molecule has 0 saturated carbocycles. The highest BCUT2D eigenvalue weighted by molar-refractivity contribution is 7.12. The van der Waals surface area contributed by atoms with Crippen molar-refractivity contribution in [1.29, 1.82) is 0 Å². The largest absolute Gasteiger partial charge is 0.310 e. The minimum atomic E-state index is 0.489. The van der Waals surface area contributed by atoms with E-state index in [-0.39, 0.29) is 0 Å². The van der Waals surface area contributed by atoms with Crippen molar-refractivity contribution in [3.8, 4) is 0 Å². The van der Waals surface area contributed by atoms with Gasteiger partial charge >= 0.3 is 0 Å². The van der Waals surface area contributed by atoms with Gasteiger partial charge in [0.2, 0.25) is 0 Å². The number of hydrogen-bond donors (Lipinski definition) is 1. The molecule has 0 fully saturated rings. The van der Waals surface area contributed by atoms with Crippen molar-refractivity contribution in [2.75, 3.05) is 6.54 Å². The van der Waals surface area contributed by atoms with Crippen molar-refractivity contribution in [1.82, 2.24) is 5.32 Å². The van der Waals surface area contributed by atoms with Crippen LogP contribution in [0, 0.1) is 13.8 Å². The van der Waals surface area contributed by atoms with E-state index in [9.17, 15) is 0 Å². The van der Waals surface area contributed by atoms with E-state index in [1.54, 1.807) is 0 Å². The molecule has 0 bridgehead atoms. The van der Waals surface area contributed by atoms with E-state index in [1.165, 1.54) is 27.3 Å². The quantitative estimate of drug-likeness (QED) is 0.808. The number of nitrogens with one attached hydrogen (secondary N) is 1. The molecule has 1 unspecified atom stereocenters. The van der Waals surface area contributed by atoms with Gasteiger partial charge in [-0.3, -0.25) is 0 Å². The van der Waals surface area contributed by atoms with E-state index in [4.69, 9.17) is 0 Å². The van der Waals surface area contributed by atoms with E-state index in [0.717, 1.165) is 13.0 Å². The van der Waals surface area contributed by atoms with Crippen LogP contribution in [0.1, 0.15) is 40.3 Å². The van der Waals surface area contributed by atoms with Gasteiger partial charge in [0.05, 0.1) is 0 Å². The third-order valence-corrected chi connectivity index (χ3v) is 4.63. The lowest BCUT2D eigenvalue weighted by Gasteiger charge is -2.17. The van der Waals surface area contributed by atoms with Crippen LogP contribution >= 0.6 is 11.3 Å². The molecule has 0 saturated heterocycles. The third-order valence-electron chi connectivity index (χ3n) is 3.52. The Labute approximate surface area is 120 Å². The maximum atomic E-state index is 3.61. The standard InChI is InChI=1S/C17H23NS/c1-4-18-16(17-12-9-14(3)19-17)11-10-15-8-6-5-7-13(15)2/h5-9,12,16,18H,4,10-11H2,1-3H3. The smallest absolute Gasteiger partial charge is 0.0417 e. The molecule has 0 aliphatic carbocycles. The summed E-state index contributed by atoms with van der Waals surface area (Å²) in [4.78, 5) is 2.86. The van der Waals surface area contributed by atoms with Gasteiger partial charge in [0.15, 0.2) is 0 Å². The molecule has 1 aromatic heterocycles. The minimum Gasteiger partial charge on any atom is -0.310 e. The Morgan fingerprint density at radius 1 is 1.11 bits per heavy atom. The molecule has 0 aliphatic heterocycles. The zero-order chi connectivity index (χ0) is 13.7. The lowest BCUT2D eigenvalue weighted by Crippen LogP contribution is -2.20. The number of rotatable bonds is 6. The van der Waals surface area contributed by atoms with E-state index >= 15 is 0 Å². The number of thiophene rings is 1. The summed E-state index contributed by atoms with van der Waals surface area (Å²) in [5.74, 6) is 0. The SMILES string of the molecule is CCNC(CCc1ccccc1C)c1ccc(C)s1. The van der Waals surface area contributed by atoms with Crippen molar-refractivity contribution in [3.63, 3.8) is 0 Å². The molecular formula is C17H23NS. The maximum Gasteiger partial charge on any atom is 0.0417 e. The Bertz CT molecular complexity index is 515. The van der Waals surface area contributed by atoms with Gasteiger partial charge in [-0.2, -0.15) is 0 Å². The Morgan fingerprint density at radius 2 is 1.89 bits per heavy atom. The van der Waals surface area contributed by atoms with Gasteiger partial charge in [-0.15, -0.1) is 11.3 Å². The zero-order valence-corrected chi connectivity index (χ0v) is 12.9. The van der Waals surface area contributed by atoms with Crippen molar-refractivity contribution < 1.29 is 0 Å². The van der Waals surface area contributed by atoms with Crippen molar-refractivity contribution in [2.24, 2.45) is 0 Å². The lowest BCUT2D eigenvalue weighted by molar-refractivity contribution is 0.522. The molecule has 1 N–H and O–H groups in total. The molecule has 1 atom stereocenters.